The van der Waals surface area contributed by atoms with Gasteiger partial charge in [0.15, 0.2) is 0 Å². The van der Waals surface area contributed by atoms with E-state index in [4.69, 9.17) is 7.85 Å². The predicted molar refractivity (Wildman–Crippen MR) is 150 cm³/mol. The summed E-state index contributed by atoms with van der Waals surface area (Å²) in [6.45, 7) is 4.66. The van der Waals surface area contributed by atoms with Crippen molar-refractivity contribution < 1.29 is 0 Å². The highest BCUT2D eigenvalue weighted by molar-refractivity contribution is 6.32. The zero-order valence-corrected chi connectivity index (χ0v) is 20.1. The second-order valence-corrected chi connectivity index (χ2v) is 9.71. The number of benzene rings is 5. The van der Waals surface area contributed by atoms with E-state index >= 15 is 0 Å². The molecule has 2 radical (unpaired) electrons. The topological polar surface area (TPSA) is 3.24 Å². The zero-order valence-electron chi connectivity index (χ0n) is 20.1. The molecule has 0 unspecified atom stereocenters. The zero-order chi connectivity index (χ0) is 24.0. The number of hydrogen-bond donors (Lipinski definition) is 0. The van der Waals surface area contributed by atoms with Gasteiger partial charge in [-0.05, 0) is 58.1 Å². The molecule has 0 saturated heterocycles. The Labute approximate surface area is 209 Å². The first kappa shape index (κ1) is 21.5. The Morgan fingerprint density at radius 2 is 1.17 bits per heavy atom. The van der Waals surface area contributed by atoms with Crippen molar-refractivity contribution in [2.45, 2.75) is 19.3 Å². The molecule has 0 saturated carbocycles. The number of nitrogens with zero attached hydrogens (tertiary/aromatic N) is 1. The van der Waals surface area contributed by atoms with Crippen molar-refractivity contribution in [3.63, 3.8) is 0 Å². The van der Waals surface area contributed by atoms with Crippen LogP contribution in [0.25, 0.3) is 22.3 Å². The maximum Gasteiger partial charge on any atom is 0.113 e. The molecule has 0 amide bonds. The summed E-state index contributed by atoms with van der Waals surface area (Å²) in [5.41, 5.74) is 11.9. The third-order valence-electron chi connectivity index (χ3n) is 7.21. The molecule has 6 rings (SSSR count). The normalized spacial score (nSPS) is 13.2. The summed E-state index contributed by atoms with van der Waals surface area (Å²) in [6, 6.07) is 43.0. The van der Waals surface area contributed by atoms with E-state index in [9.17, 15) is 0 Å². The second-order valence-electron chi connectivity index (χ2n) is 9.71. The molecule has 0 heterocycles. The van der Waals surface area contributed by atoms with Gasteiger partial charge in [-0.25, -0.2) is 0 Å². The number of fused-ring (bicyclic) bond motifs is 3. The standard InChI is InChI=1S/C33H26BN/c1-33(2)30-14-8-6-13-28(30)29-21-20-26(22-31(29)33)35(25-10-4-3-5-11-25)32-15-9-7-12-27(32)23-16-18-24(34)19-17-23/h3-22H,1-2H3. The predicted octanol–water partition coefficient (Wildman–Crippen LogP) is 7.92. The Kier molecular flexibility index (Phi) is 5.11. The van der Waals surface area contributed by atoms with Gasteiger partial charge >= 0.3 is 0 Å². The van der Waals surface area contributed by atoms with Gasteiger partial charge in [0.25, 0.3) is 0 Å². The average molecular weight is 447 g/mol. The maximum atomic E-state index is 5.99. The summed E-state index contributed by atoms with van der Waals surface area (Å²) in [5.74, 6) is 0. The minimum absolute atomic E-state index is 0.0548. The van der Waals surface area contributed by atoms with Crippen LogP contribution in [0.4, 0.5) is 17.1 Å². The van der Waals surface area contributed by atoms with Gasteiger partial charge in [0.2, 0.25) is 0 Å². The molecule has 0 bridgehead atoms. The van der Waals surface area contributed by atoms with Gasteiger partial charge in [0.1, 0.15) is 7.85 Å². The highest BCUT2D eigenvalue weighted by atomic mass is 15.1. The largest absolute Gasteiger partial charge is 0.310 e. The Bertz CT molecular complexity index is 1520. The molecule has 2 heteroatoms. The first-order valence-corrected chi connectivity index (χ1v) is 12.1. The molecular formula is C33H26BN. The van der Waals surface area contributed by atoms with Gasteiger partial charge in [-0.3, -0.25) is 0 Å². The molecule has 1 aliphatic rings. The lowest BCUT2D eigenvalue weighted by molar-refractivity contribution is 0.660. The molecule has 5 aromatic rings. The molecule has 166 valence electrons. The molecule has 35 heavy (non-hydrogen) atoms. The van der Waals surface area contributed by atoms with Crippen molar-refractivity contribution in [1.82, 2.24) is 0 Å². The third kappa shape index (κ3) is 3.57. The number of rotatable bonds is 4. The SMILES string of the molecule is [B]c1ccc(-c2ccccc2N(c2ccccc2)c2ccc3c(c2)C(C)(C)c2ccccc2-3)cc1. The van der Waals surface area contributed by atoms with Crippen LogP contribution in [0.3, 0.4) is 0 Å². The van der Waals surface area contributed by atoms with Crippen LogP contribution in [-0.2, 0) is 5.41 Å². The fraction of sp³-hybridized carbons (Fsp3) is 0.0909. The van der Waals surface area contributed by atoms with Crippen molar-refractivity contribution in [3.8, 4) is 22.3 Å². The van der Waals surface area contributed by atoms with E-state index in [-0.39, 0.29) is 5.41 Å². The van der Waals surface area contributed by atoms with Crippen LogP contribution < -0.4 is 10.4 Å². The highest BCUT2D eigenvalue weighted by Crippen LogP contribution is 2.51. The van der Waals surface area contributed by atoms with E-state index in [1.165, 1.54) is 27.8 Å². The summed E-state index contributed by atoms with van der Waals surface area (Å²) < 4.78 is 0. The first-order chi connectivity index (χ1) is 17.0. The molecule has 1 aliphatic carbocycles. The maximum absolute atomic E-state index is 5.99. The lowest BCUT2D eigenvalue weighted by Crippen LogP contribution is -2.16. The summed E-state index contributed by atoms with van der Waals surface area (Å²) in [4.78, 5) is 2.37. The number of anilines is 3. The Hall–Kier alpha value is -4.04. The van der Waals surface area contributed by atoms with Crippen LogP contribution in [-0.4, -0.2) is 7.85 Å². The monoisotopic (exact) mass is 447 g/mol. The third-order valence-corrected chi connectivity index (χ3v) is 7.21. The quantitative estimate of drug-likeness (QED) is 0.253. The van der Waals surface area contributed by atoms with E-state index in [0.29, 0.717) is 0 Å². The van der Waals surface area contributed by atoms with Crippen molar-refractivity contribution in [1.29, 1.82) is 0 Å². The summed E-state index contributed by atoms with van der Waals surface area (Å²) in [6.07, 6.45) is 0. The molecule has 0 N–H and O–H groups in total. The van der Waals surface area contributed by atoms with Gasteiger partial charge in [0, 0.05) is 22.4 Å². The van der Waals surface area contributed by atoms with Gasteiger partial charge in [-0.15, -0.1) is 0 Å². The van der Waals surface area contributed by atoms with Gasteiger partial charge in [0.05, 0.1) is 5.69 Å². The molecule has 0 atom stereocenters. The van der Waals surface area contributed by atoms with Crippen molar-refractivity contribution >= 4 is 30.4 Å². The molecule has 5 aromatic carbocycles. The van der Waals surface area contributed by atoms with Crippen LogP contribution in [0.2, 0.25) is 0 Å². The van der Waals surface area contributed by atoms with Crippen LogP contribution >= 0.6 is 0 Å². The van der Waals surface area contributed by atoms with Gasteiger partial charge < -0.3 is 4.90 Å². The van der Waals surface area contributed by atoms with E-state index in [1.54, 1.807) is 0 Å². The molecule has 1 nitrogen and oxygen atoms in total. The molecule has 0 spiro atoms. The van der Waals surface area contributed by atoms with E-state index in [1.807, 2.05) is 12.1 Å². The van der Waals surface area contributed by atoms with Crippen molar-refractivity contribution in [2.24, 2.45) is 0 Å². The Morgan fingerprint density at radius 3 is 1.94 bits per heavy atom. The Morgan fingerprint density at radius 1 is 0.543 bits per heavy atom. The second kappa shape index (κ2) is 8.32. The molecule has 0 aliphatic heterocycles. The smallest absolute Gasteiger partial charge is 0.113 e. The molecule has 0 fully saturated rings. The first-order valence-electron chi connectivity index (χ1n) is 12.1. The number of hydrogen-bond acceptors (Lipinski definition) is 1. The highest BCUT2D eigenvalue weighted by Gasteiger charge is 2.35. The fourth-order valence-electron chi connectivity index (χ4n) is 5.41. The van der Waals surface area contributed by atoms with E-state index in [2.05, 4.69) is 128 Å². The van der Waals surface area contributed by atoms with Crippen molar-refractivity contribution in [3.05, 3.63) is 132 Å². The molecule has 0 aromatic heterocycles. The van der Waals surface area contributed by atoms with Crippen LogP contribution in [0, 0.1) is 0 Å². The minimum Gasteiger partial charge on any atom is -0.310 e. The van der Waals surface area contributed by atoms with Crippen LogP contribution in [0.15, 0.2) is 121 Å². The molecular weight excluding hydrogens is 421 g/mol. The van der Waals surface area contributed by atoms with Crippen LogP contribution in [0.5, 0.6) is 0 Å². The average Bonchev–Trinajstić information content (AvgIpc) is 3.12. The summed E-state index contributed by atoms with van der Waals surface area (Å²) in [7, 11) is 5.99. The van der Waals surface area contributed by atoms with Crippen molar-refractivity contribution in [2.75, 3.05) is 4.90 Å². The van der Waals surface area contributed by atoms with Crippen LogP contribution in [0.1, 0.15) is 25.0 Å². The fourth-order valence-corrected chi connectivity index (χ4v) is 5.41. The minimum atomic E-state index is -0.0548. The summed E-state index contributed by atoms with van der Waals surface area (Å²) in [5, 5.41) is 0. The summed E-state index contributed by atoms with van der Waals surface area (Å²) >= 11 is 0. The van der Waals surface area contributed by atoms with E-state index < -0.39 is 0 Å². The Balaban J connectivity index is 1.56. The van der Waals surface area contributed by atoms with E-state index in [0.717, 1.165) is 28.1 Å². The van der Waals surface area contributed by atoms with Gasteiger partial charge in [-0.2, -0.15) is 0 Å². The number of para-hydroxylation sites is 2. The van der Waals surface area contributed by atoms with Gasteiger partial charge in [-0.1, -0.05) is 110 Å². The lowest BCUT2D eigenvalue weighted by atomic mass is 9.82. The lowest BCUT2D eigenvalue weighted by Gasteiger charge is -2.29.